The summed E-state index contributed by atoms with van der Waals surface area (Å²) in [5.74, 6) is -0.279. The van der Waals surface area contributed by atoms with Gasteiger partial charge in [0.1, 0.15) is 5.40 Å². The van der Waals surface area contributed by atoms with Gasteiger partial charge < -0.3 is 5.11 Å². The SMILES string of the molecule is CC(C)(C)N1C=C(O)C=NC(c2ccccc2)N1C(=O)CSC#N. The van der Waals surface area contributed by atoms with Crippen molar-refractivity contribution in [1.82, 2.24) is 10.0 Å². The first kappa shape index (κ1) is 17.9. The highest BCUT2D eigenvalue weighted by Gasteiger charge is 2.36. The molecule has 0 aromatic heterocycles. The van der Waals surface area contributed by atoms with E-state index in [1.54, 1.807) is 5.01 Å². The van der Waals surface area contributed by atoms with E-state index < -0.39 is 11.7 Å². The third kappa shape index (κ3) is 4.09. The fraction of sp³-hybridized carbons (Fsp3) is 0.353. The van der Waals surface area contributed by atoms with Gasteiger partial charge in [-0.15, -0.1) is 0 Å². The molecule has 7 heteroatoms. The van der Waals surface area contributed by atoms with Crippen molar-refractivity contribution in [2.75, 3.05) is 5.75 Å². The molecule has 1 aromatic carbocycles. The highest BCUT2D eigenvalue weighted by molar-refractivity contribution is 8.04. The Kier molecular flexibility index (Phi) is 5.52. The molecule has 1 heterocycles. The van der Waals surface area contributed by atoms with Crippen molar-refractivity contribution in [2.45, 2.75) is 32.5 Å². The zero-order valence-corrected chi connectivity index (χ0v) is 14.7. The number of aliphatic imine (C=N–C) groups is 1. The summed E-state index contributed by atoms with van der Waals surface area (Å²) in [4.78, 5) is 17.2. The predicted octanol–water partition coefficient (Wildman–Crippen LogP) is 3.23. The monoisotopic (exact) mass is 344 g/mol. The minimum Gasteiger partial charge on any atom is -0.505 e. The third-order valence-corrected chi connectivity index (χ3v) is 3.89. The molecule has 0 bridgehead atoms. The van der Waals surface area contributed by atoms with Gasteiger partial charge in [0.25, 0.3) is 5.91 Å². The van der Waals surface area contributed by atoms with Crippen molar-refractivity contribution in [3.63, 3.8) is 0 Å². The Morgan fingerprint density at radius 3 is 2.62 bits per heavy atom. The zero-order chi connectivity index (χ0) is 17.7. The smallest absolute Gasteiger partial charge is 0.254 e. The van der Waals surface area contributed by atoms with Gasteiger partial charge in [0.2, 0.25) is 0 Å². The van der Waals surface area contributed by atoms with Crippen molar-refractivity contribution >= 4 is 23.9 Å². The standard InChI is InChI=1S/C17H20N4O2S/c1-17(2,3)20-10-14(22)9-19-16(13-7-5-4-6-8-13)21(20)15(23)11-24-12-18/h4-10,16,22H,11H2,1-3H3. The lowest BCUT2D eigenvalue weighted by Gasteiger charge is -2.44. The first-order chi connectivity index (χ1) is 11.3. The molecule has 1 aromatic rings. The number of hydrogen-bond donors (Lipinski definition) is 1. The maximum atomic E-state index is 12.8. The number of thioether (sulfide) groups is 1. The minimum atomic E-state index is -0.613. The van der Waals surface area contributed by atoms with E-state index in [4.69, 9.17) is 5.26 Å². The van der Waals surface area contributed by atoms with E-state index in [0.29, 0.717) is 0 Å². The molecule has 2 rings (SSSR count). The Morgan fingerprint density at radius 1 is 1.38 bits per heavy atom. The molecule has 1 unspecified atom stereocenters. The van der Waals surface area contributed by atoms with Gasteiger partial charge in [0, 0.05) is 0 Å². The number of benzene rings is 1. The number of nitriles is 1. The fourth-order valence-electron chi connectivity index (χ4n) is 2.33. The molecule has 126 valence electrons. The second-order valence-electron chi connectivity index (χ2n) is 6.25. The van der Waals surface area contributed by atoms with Crippen LogP contribution < -0.4 is 0 Å². The van der Waals surface area contributed by atoms with Crippen LogP contribution in [-0.2, 0) is 4.79 Å². The van der Waals surface area contributed by atoms with E-state index in [9.17, 15) is 9.90 Å². The lowest BCUT2D eigenvalue weighted by Crippen LogP contribution is -2.53. The van der Waals surface area contributed by atoms with E-state index in [-0.39, 0.29) is 17.4 Å². The molecule has 0 saturated heterocycles. The normalized spacial score (nSPS) is 17.9. The number of allylic oxidation sites excluding steroid dienone is 1. The predicted molar refractivity (Wildman–Crippen MR) is 94.9 cm³/mol. The van der Waals surface area contributed by atoms with Crippen LogP contribution in [0, 0.1) is 10.7 Å². The molecular weight excluding hydrogens is 324 g/mol. The Morgan fingerprint density at radius 2 is 2.04 bits per heavy atom. The van der Waals surface area contributed by atoms with Crippen LogP contribution in [-0.4, -0.2) is 38.5 Å². The number of thiocyanates is 1. The second-order valence-corrected chi connectivity index (χ2v) is 7.01. The van der Waals surface area contributed by atoms with Crippen LogP contribution in [0.4, 0.5) is 0 Å². The van der Waals surface area contributed by atoms with Crippen LogP contribution in [0.15, 0.2) is 47.3 Å². The molecule has 0 aliphatic carbocycles. The number of carbonyl (C=O) groups is 1. The highest BCUT2D eigenvalue weighted by atomic mass is 32.2. The van der Waals surface area contributed by atoms with Gasteiger partial charge >= 0.3 is 0 Å². The largest absolute Gasteiger partial charge is 0.505 e. The third-order valence-electron chi connectivity index (χ3n) is 3.37. The molecule has 1 aliphatic rings. The van der Waals surface area contributed by atoms with E-state index in [2.05, 4.69) is 4.99 Å². The summed E-state index contributed by atoms with van der Waals surface area (Å²) < 4.78 is 0. The first-order valence-electron chi connectivity index (χ1n) is 7.45. The quantitative estimate of drug-likeness (QED) is 0.852. The number of nitrogens with zero attached hydrogens (tertiary/aromatic N) is 4. The van der Waals surface area contributed by atoms with Crippen LogP contribution in [0.2, 0.25) is 0 Å². The first-order valence-corrected chi connectivity index (χ1v) is 8.44. The topological polar surface area (TPSA) is 79.9 Å². The van der Waals surface area contributed by atoms with E-state index in [1.165, 1.54) is 17.4 Å². The summed E-state index contributed by atoms with van der Waals surface area (Å²) in [5, 5.41) is 23.9. The molecule has 0 radical (unpaired) electrons. The molecule has 1 N–H and O–H groups in total. The summed E-state index contributed by atoms with van der Waals surface area (Å²) in [6.07, 6.45) is 2.22. The molecule has 0 saturated carbocycles. The molecule has 1 amide bonds. The number of rotatable bonds is 3. The van der Waals surface area contributed by atoms with Gasteiger partial charge in [0.15, 0.2) is 11.9 Å². The highest BCUT2D eigenvalue weighted by Crippen LogP contribution is 2.31. The number of aliphatic hydroxyl groups is 1. The van der Waals surface area contributed by atoms with Crippen molar-refractivity contribution in [3.8, 4) is 5.40 Å². The van der Waals surface area contributed by atoms with Crippen molar-refractivity contribution < 1.29 is 9.90 Å². The average Bonchev–Trinajstić information content (AvgIpc) is 2.72. The number of amides is 1. The molecule has 0 spiro atoms. The Balaban J connectivity index is 2.52. The Hall–Kier alpha value is -2.46. The average molecular weight is 344 g/mol. The Labute approximate surface area is 146 Å². The zero-order valence-electron chi connectivity index (χ0n) is 13.9. The van der Waals surface area contributed by atoms with Crippen LogP contribution in [0.5, 0.6) is 0 Å². The molecular formula is C17H20N4O2S. The molecule has 1 atom stereocenters. The van der Waals surface area contributed by atoms with Gasteiger partial charge in [-0.3, -0.25) is 14.8 Å². The maximum Gasteiger partial charge on any atom is 0.254 e. The van der Waals surface area contributed by atoms with Crippen molar-refractivity contribution in [2.24, 2.45) is 4.99 Å². The van der Waals surface area contributed by atoms with E-state index >= 15 is 0 Å². The van der Waals surface area contributed by atoms with Crippen molar-refractivity contribution in [1.29, 1.82) is 5.26 Å². The Bertz CT molecular complexity index is 689. The lowest BCUT2D eigenvalue weighted by molar-refractivity contribution is -0.155. The van der Waals surface area contributed by atoms with Gasteiger partial charge in [0.05, 0.1) is 23.7 Å². The molecule has 1 aliphatic heterocycles. The summed E-state index contributed by atoms with van der Waals surface area (Å²) in [5.41, 5.74) is 0.350. The van der Waals surface area contributed by atoms with Gasteiger partial charge in [-0.2, -0.15) is 5.26 Å². The molecule has 0 fully saturated rings. The number of hydrazine groups is 1. The summed E-state index contributed by atoms with van der Waals surface area (Å²) in [7, 11) is 0. The summed E-state index contributed by atoms with van der Waals surface area (Å²) in [6, 6.07) is 9.39. The van der Waals surface area contributed by atoms with E-state index in [0.717, 1.165) is 17.3 Å². The molecule has 24 heavy (non-hydrogen) atoms. The maximum absolute atomic E-state index is 12.8. The van der Waals surface area contributed by atoms with Gasteiger partial charge in [-0.1, -0.05) is 30.3 Å². The lowest BCUT2D eigenvalue weighted by atomic mass is 10.1. The van der Waals surface area contributed by atoms with Gasteiger partial charge in [-0.25, -0.2) is 5.01 Å². The summed E-state index contributed by atoms with van der Waals surface area (Å²) in [6.45, 7) is 5.80. The van der Waals surface area contributed by atoms with Crippen molar-refractivity contribution in [3.05, 3.63) is 47.9 Å². The number of hydrogen-bond acceptors (Lipinski definition) is 6. The summed E-state index contributed by atoms with van der Waals surface area (Å²) >= 11 is 0.880. The minimum absolute atomic E-state index is 0.0105. The van der Waals surface area contributed by atoms with Crippen LogP contribution >= 0.6 is 11.8 Å². The number of aliphatic hydroxyl groups excluding tert-OH is 1. The van der Waals surface area contributed by atoms with Crippen LogP contribution in [0.3, 0.4) is 0 Å². The van der Waals surface area contributed by atoms with Gasteiger partial charge in [-0.05, 0) is 38.1 Å². The fourth-order valence-corrected chi connectivity index (χ4v) is 2.66. The molecule has 6 nitrogen and oxygen atoms in total. The van der Waals surface area contributed by atoms with E-state index in [1.807, 2.05) is 56.5 Å². The van der Waals surface area contributed by atoms with Crippen LogP contribution in [0.25, 0.3) is 0 Å². The second kappa shape index (κ2) is 7.41. The van der Waals surface area contributed by atoms with Crippen LogP contribution in [0.1, 0.15) is 32.5 Å². The number of carbonyl (C=O) groups excluding carboxylic acids is 1.